The molecule has 0 fully saturated rings. The molecule has 0 aliphatic rings. The van der Waals surface area contributed by atoms with Crippen LogP contribution in [0.4, 0.5) is 0 Å². The second kappa shape index (κ2) is 6.70. The molecule has 0 spiro atoms. The van der Waals surface area contributed by atoms with E-state index in [4.69, 9.17) is 5.11 Å². The molecule has 0 rings (SSSR count). The zero-order chi connectivity index (χ0) is 11.1. The minimum Gasteiger partial charge on any atom is -0.480 e. The highest BCUT2D eigenvalue weighted by Crippen LogP contribution is 2.03. The third-order valence-corrected chi connectivity index (χ3v) is 2.39. The highest BCUT2D eigenvalue weighted by molar-refractivity contribution is 7.98. The Morgan fingerprint density at radius 3 is 2.36 bits per heavy atom. The molecule has 0 bridgehead atoms. The summed E-state index contributed by atoms with van der Waals surface area (Å²) in [5.41, 5.74) is 0. The predicted octanol–water partition coefficient (Wildman–Crippen LogP) is 0.965. The molecule has 2 N–H and O–H groups in total. The SMILES string of the molecule is CSCCC(=O)N[C@@H](C(=O)O)C(C)C. The number of thioether (sulfide) groups is 1. The van der Waals surface area contributed by atoms with Gasteiger partial charge in [-0.15, -0.1) is 0 Å². The van der Waals surface area contributed by atoms with Crippen LogP contribution in [0.2, 0.25) is 0 Å². The monoisotopic (exact) mass is 219 g/mol. The van der Waals surface area contributed by atoms with Crippen molar-refractivity contribution in [2.24, 2.45) is 5.92 Å². The number of hydrogen-bond acceptors (Lipinski definition) is 3. The number of aliphatic carboxylic acids is 1. The van der Waals surface area contributed by atoms with E-state index >= 15 is 0 Å². The van der Waals surface area contributed by atoms with E-state index in [2.05, 4.69) is 5.32 Å². The molecule has 82 valence electrons. The van der Waals surface area contributed by atoms with Gasteiger partial charge in [0.05, 0.1) is 0 Å². The third-order valence-electron chi connectivity index (χ3n) is 1.78. The average molecular weight is 219 g/mol. The van der Waals surface area contributed by atoms with Crippen molar-refractivity contribution < 1.29 is 14.7 Å². The standard InChI is InChI=1S/C9H17NO3S/c1-6(2)8(9(12)13)10-7(11)4-5-14-3/h6,8H,4-5H2,1-3H3,(H,10,11)(H,12,13)/t8-/m1/s1. The van der Waals surface area contributed by atoms with Gasteiger partial charge >= 0.3 is 5.97 Å². The smallest absolute Gasteiger partial charge is 0.326 e. The number of carboxylic acids is 1. The normalized spacial score (nSPS) is 12.6. The lowest BCUT2D eigenvalue weighted by Crippen LogP contribution is -2.44. The maximum absolute atomic E-state index is 11.2. The van der Waals surface area contributed by atoms with E-state index in [0.717, 1.165) is 5.75 Å². The van der Waals surface area contributed by atoms with Gasteiger partial charge in [-0.2, -0.15) is 11.8 Å². The van der Waals surface area contributed by atoms with Crippen LogP contribution in [-0.4, -0.2) is 35.0 Å². The van der Waals surface area contributed by atoms with Gasteiger partial charge in [0.15, 0.2) is 0 Å². The predicted molar refractivity (Wildman–Crippen MR) is 57.4 cm³/mol. The molecule has 14 heavy (non-hydrogen) atoms. The maximum atomic E-state index is 11.2. The van der Waals surface area contributed by atoms with Gasteiger partial charge in [0.2, 0.25) is 5.91 Å². The highest BCUT2D eigenvalue weighted by atomic mass is 32.2. The lowest BCUT2D eigenvalue weighted by molar-refractivity contribution is -0.143. The van der Waals surface area contributed by atoms with Crippen molar-refractivity contribution in [2.75, 3.05) is 12.0 Å². The summed E-state index contributed by atoms with van der Waals surface area (Å²) >= 11 is 1.57. The Balaban J connectivity index is 4.04. The first kappa shape index (κ1) is 13.3. The summed E-state index contributed by atoms with van der Waals surface area (Å²) in [7, 11) is 0. The van der Waals surface area contributed by atoms with Gasteiger partial charge in [-0.3, -0.25) is 4.79 Å². The third kappa shape index (κ3) is 5.11. The quantitative estimate of drug-likeness (QED) is 0.698. The Bertz CT molecular complexity index is 206. The molecule has 0 saturated carbocycles. The lowest BCUT2D eigenvalue weighted by atomic mass is 10.0. The van der Waals surface area contributed by atoms with Gasteiger partial charge in [0.1, 0.15) is 6.04 Å². The van der Waals surface area contributed by atoms with Crippen molar-refractivity contribution in [3.63, 3.8) is 0 Å². The molecule has 0 radical (unpaired) electrons. The molecule has 1 amide bonds. The fourth-order valence-corrected chi connectivity index (χ4v) is 1.34. The van der Waals surface area contributed by atoms with Crippen LogP contribution in [0, 0.1) is 5.92 Å². The van der Waals surface area contributed by atoms with E-state index in [1.165, 1.54) is 0 Å². The summed E-state index contributed by atoms with van der Waals surface area (Å²) in [5, 5.41) is 11.3. The first-order valence-electron chi connectivity index (χ1n) is 4.50. The number of nitrogens with one attached hydrogen (secondary N) is 1. The fraction of sp³-hybridized carbons (Fsp3) is 0.778. The molecule has 0 saturated heterocycles. The van der Waals surface area contributed by atoms with E-state index in [1.54, 1.807) is 25.6 Å². The number of carboxylic acid groups (broad SMARTS) is 1. The zero-order valence-corrected chi connectivity index (χ0v) is 9.56. The van der Waals surface area contributed by atoms with Crippen LogP contribution in [0.15, 0.2) is 0 Å². The van der Waals surface area contributed by atoms with E-state index in [-0.39, 0.29) is 11.8 Å². The zero-order valence-electron chi connectivity index (χ0n) is 8.74. The molecular weight excluding hydrogens is 202 g/mol. The lowest BCUT2D eigenvalue weighted by Gasteiger charge is -2.17. The summed E-state index contributed by atoms with van der Waals surface area (Å²) < 4.78 is 0. The van der Waals surface area contributed by atoms with E-state index in [9.17, 15) is 9.59 Å². The van der Waals surface area contributed by atoms with Crippen LogP contribution in [0.5, 0.6) is 0 Å². The van der Waals surface area contributed by atoms with Crippen molar-refractivity contribution in [1.29, 1.82) is 0 Å². The first-order chi connectivity index (χ1) is 6.49. The summed E-state index contributed by atoms with van der Waals surface area (Å²) in [4.78, 5) is 22.0. The largest absolute Gasteiger partial charge is 0.480 e. The Labute approximate surface area is 88.4 Å². The van der Waals surface area contributed by atoms with Gasteiger partial charge in [-0.1, -0.05) is 13.8 Å². The van der Waals surface area contributed by atoms with Crippen LogP contribution >= 0.6 is 11.8 Å². The number of hydrogen-bond donors (Lipinski definition) is 2. The number of rotatable bonds is 6. The maximum Gasteiger partial charge on any atom is 0.326 e. The fourth-order valence-electron chi connectivity index (χ4n) is 0.954. The molecule has 0 aromatic rings. The molecule has 0 heterocycles. The van der Waals surface area contributed by atoms with Crippen LogP contribution in [-0.2, 0) is 9.59 Å². The molecule has 0 aliphatic heterocycles. The Kier molecular flexibility index (Phi) is 6.36. The van der Waals surface area contributed by atoms with Crippen molar-refractivity contribution in [3.05, 3.63) is 0 Å². The van der Waals surface area contributed by atoms with Gasteiger partial charge in [-0.25, -0.2) is 4.79 Å². The van der Waals surface area contributed by atoms with Gasteiger partial charge in [0.25, 0.3) is 0 Å². The number of carbonyl (C=O) groups excluding carboxylic acids is 1. The average Bonchev–Trinajstić information content (AvgIpc) is 2.09. The van der Waals surface area contributed by atoms with Crippen LogP contribution in [0.3, 0.4) is 0 Å². The topological polar surface area (TPSA) is 66.4 Å². The molecule has 0 aromatic carbocycles. The van der Waals surface area contributed by atoms with Gasteiger partial charge < -0.3 is 10.4 Å². The molecule has 4 nitrogen and oxygen atoms in total. The Morgan fingerprint density at radius 2 is 2.00 bits per heavy atom. The van der Waals surface area contributed by atoms with Gasteiger partial charge in [-0.05, 0) is 12.2 Å². The van der Waals surface area contributed by atoms with Crippen molar-refractivity contribution in [1.82, 2.24) is 5.32 Å². The molecule has 0 aromatic heterocycles. The van der Waals surface area contributed by atoms with Gasteiger partial charge in [0, 0.05) is 12.2 Å². The van der Waals surface area contributed by atoms with Crippen LogP contribution < -0.4 is 5.32 Å². The second-order valence-electron chi connectivity index (χ2n) is 3.37. The van der Waals surface area contributed by atoms with Crippen molar-refractivity contribution >= 4 is 23.6 Å². The van der Waals surface area contributed by atoms with E-state index in [1.807, 2.05) is 6.26 Å². The minimum atomic E-state index is -0.975. The molecule has 0 aliphatic carbocycles. The highest BCUT2D eigenvalue weighted by Gasteiger charge is 2.22. The van der Waals surface area contributed by atoms with Crippen LogP contribution in [0.1, 0.15) is 20.3 Å². The van der Waals surface area contributed by atoms with E-state index < -0.39 is 12.0 Å². The molecule has 1 atom stereocenters. The minimum absolute atomic E-state index is 0.0919. The van der Waals surface area contributed by atoms with Crippen molar-refractivity contribution in [2.45, 2.75) is 26.3 Å². The summed E-state index contributed by atoms with van der Waals surface area (Å²) in [6.45, 7) is 3.54. The Hall–Kier alpha value is -0.710. The number of amides is 1. The van der Waals surface area contributed by atoms with E-state index in [0.29, 0.717) is 6.42 Å². The summed E-state index contributed by atoms with van der Waals surface area (Å²) in [6.07, 6.45) is 2.28. The second-order valence-corrected chi connectivity index (χ2v) is 4.36. The van der Waals surface area contributed by atoms with Crippen LogP contribution in [0.25, 0.3) is 0 Å². The summed E-state index contributed by atoms with van der Waals surface area (Å²) in [5.74, 6) is -0.542. The summed E-state index contributed by atoms with van der Waals surface area (Å²) in [6, 6.07) is -0.774. The molecule has 0 unspecified atom stereocenters. The number of carbonyl (C=O) groups is 2. The molecular formula is C9H17NO3S. The molecule has 5 heteroatoms. The Morgan fingerprint density at radius 1 is 1.43 bits per heavy atom. The van der Waals surface area contributed by atoms with Crippen molar-refractivity contribution in [3.8, 4) is 0 Å². The first-order valence-corrected chi connectivity index (χ1v) is 5.89.